The first-order valence-electron chi connectivity index (χ1n) is 13.9. The first-order chi connectivity index (χ1) is 17.5. The zero-order valence-corrected chi connectivity index (χ0v) is 32.7. The maximum Gasteiger partial charge on any atom is -1.00 e. The molecule has 0 spiro atoms. The normalized spacial score (nSPS) is 14.9. The standard InChI is InChI=1S/C35H45Si2.3ClH.Ti/c1-22-13-23(2)17-32(16-22)37(33-18-24(3)14-25(4)19-33,35-29(8)27(6)28(7)30(35)9)34-20-26(5)15-31(21-34)36(10,11)12;;;;/h13-21H,1-12H3;3*1H;/q;;;;+3/p-3. The SMILES string of the molecule is CC1=C(C)[C]([Ti+3])([Si](c2cc(C)cc(C)c2)(c2cc(C)cc(C)c2)c2cc(C)cc([Si](C)(C)C)c2)C(C)=C1C.[Cl-].[Cl-].[Cl-]. The van der Waals surface area contributed by atoms with Crippen molar-refractivity contribution in [3.63, 3.8) is 0 Å². The van der Waals surface area contributed by atoms with Gasteiger partial charge in [-0.3, -0.25) is 0 Å². The van der Waals surface area contributed by atoms with Gasteiger partial charge in [0.2, 0.25) is 0 Å². The minimum atomic E-state index is -2.69. The number of rotatable bonds is 5. The van der Waals surface area contributed by atoms with Gasteiger partial charge < -0.3 is 37.2 Å². The molecule has 0 bridgehead atoms. The fraction of sp³-hybridized carbons (Fsp3) is 0.371. The molecule has 0 nitrogen and oxygen atoms in total. The van der Waals surface area contributed by atoms with Crippen molar-refractivity contribution in [1.82, 2.24) is 0 Å². The first kappa shape index (κ1) is 38.2. The molecule has 0 aromatic heterocycles. The van der Waals surface area contributed by atoms with E-state index in [1.165, 1.54) is 49.3 Å². The molecule has 1 aliphatic rings. The molecule has 4 rings (SSSR count). The van der Waals surface area contributed by atoms with Crippen LogP contribution in [-0.2, 0) is 20.4 Å². The molecule has 0 heterocycles. The van der Waals surface area contributed by atoms with Gasteiger partial charge in [-0.1, -0.05) is 0 Å². The Morgan fingerprint density at radius 1 is 0.439 bits per heavy atom. The molecule has 0 N–H and O–H groups in total. The van der Waals surface area contributed by atoms with Crippen LogP contribution in [0, 0.1) is 34.6 Å². The Kier molecular flexibility index (Phi) is 12.5. The van der Waals surface area contributed by atoms with E-state index in [0.29, 0.717) is 0 Å². The van der Waals surface area contributed by atoms with Crippen molar-refractivity contribution >= 4 is 36.9 Å². The van der Waals surface area contributed by atoms with Crippen LogP contribution in [0.5, 0.6) is 0 Å². The van der Waals surface area contributed by atoms with Gasteiger partial charge in [-0.05, 0) is 0 Å². The van der Waals surface area contributed by atoms with E-state index >= 15 is 0 Å². The van der Waals surface area contributed by atoms with Gasteiger partial charge in [0.25, 0.3) is 0 Å². The number of halogens is 3. The van der Waals surface area contributed by atoms with E-state index in [9.17, 15) is 0 Å². The van der Waals surface area contributed by atoms with Crippen LogP contribution in [0.4, 0.5) is 0 Å². The van der Waals surface area contributed by atoms with E-state index in [1.54, 1.807) is 21.5 Å². The average Bonchev–Trinajstić information content (AvgIpc) is 2.93. The Morgan fingerprint density at radius 2 is 0.707 bits per heavy atom. The molecule has 0 amide bonds. The van der Waals surface area contributed by atoms with Crippen LogP contribution in [0.2, 0.25) is 23.0 Å². The van der Waals surface area contributed by atoms with Crippen molar-refractivity contribution in [2.24, 2.45) is 0 Å². The fourth-order valence-electron chi connectivity index (χ4n) is 6.93. The quantitative estimate of drug-likeness (QED) is 0.221. The topological polar surface area (TPSA) is 0 Å². The summed E-state index contributed by atoms with van der Waals surface area (Å²) in [5, 5.41) is 6.21. The Hall–Kier alpha value is -0.842. The largest absolute Gasteiger partial charge is 1.00 e. The van der Waals surface area contributed by atoms with Gasteiger partial charge in [0, 0.05) is 0 Å². The molecule has 218 valence electrons. The van der Waals surface area contributed by atoms with Crippen molar-refractivity contribution in [1.29, 1.82) is 0 Å². The van der Waals surface area contributed by atoms with E-state index in [2.05, 4.69) is 157 Å². The van der Waals surface area contributed by atoms with Crippen LogP contribution in [-0.4, -0.2) is 16.1 Å². The predicted octanol–water partition coefficient (Wildman–Crippen LogP) is -1.81. The summed E-state index contributed by atoms with van der Waals surface area (Å²) in [4.78, 5) is 0. The first-order valence-corrected chi connectivity index (χ1v) is 20.2. The molecule has 0 saturated heterocycles. The van der Waals surface area contributed by atoms with Crippen molar-refractivity contribution in [3.05, 3.63) is 105 Å². The smallest absolute Gasteiger partial charge is 1.00 e. The molecule has 3 aromatic carbocycles. The molecule has 0 atom stereocenters. The molecule has 0 fully saturated rings. The van der Waals surface area contributed by atoms with Crippen LogP contribution in [0.3, 0.4) is 0 Å². The zero-order valence-electron chi connectivity index (χ0n) is 26.8. The third kappa shape index (κ3) is 6.37. The Morgan fingerprint density at radius 3 is 1.02 bits per heavy atom. The van der Waals surface area contributed by atoms with Crippen LogP contribution >= 0.6 is 0 Å². The van der Waals surface area contributed by atoms with E-state index in [-0.39, 0.29) is 40.6 Å². The summed E-state index contributed by atoms with van der Waals surface area (Å²) in [6.07, 6.45) is 0. The molecular formula is C35H45Cl3Si2Ti. The van der Waals surface area contributed by atoms with E-state index in [0.717, 1.165) is 0 Å². The summed E-state index contributed by atoms with van der Waals surface area (Å²) in [5.41, 5.74) is 12.9. The Bertz CT molecular complexity index is 1400. The van der Waals surface area contributed by atoms with Gasteiger partial charge in [-0.15, -0.1) is 0 Å². The molecule has 1 aliphatic carbocycles. The molecule has 6 heteroatoms. The number of benzene rings is 3. The molecule has 0 radical (unpaired) electrons. The summed E-state index contributed by atoms with van der Waals surface area (Å²) < 4.78 is -0.0772. The summed E-state index contributed by atoms with van der Waals surface area (Å²) in [6.45, 7) is 28.5. The number of hydrogen-bond donors (Lipinski definition) is 0. The second-order valence-corrected chi connectivity index (χ2v) is 24.1. The average molecular weight is 676 g/mol. The van der Waals surface area contributed by atoms with E-state index in [1.807, 2.05) is 0 Å². The zero-order chi connectivity index (χ0) is 28.4. The molecular weight excluding hydrogens is 631 g/mol. The second kappa shape index (κ2) is 13.4. The van der Waals surface area contributed by atoms with E-state index < -0.39 is 16.1 Å². The Balaban J connectivity index is 0.00000280. The maximum absolute atomic E-state index is 2.69. The van der Waals surface area contributed by atoms with Crippen LogP contribution < -0.4 is 58.0 Å². The van der Waals surface area contributed by atoms with Crippen LogP contribution in [0.25, 0.3) is 0 Å². The van der Waals surface area contributed by atoms with Gasteiger partial charge in [0.05, 0.1) is 0 Å². The van der Waals surface area contributed by atoms with Crippen molar-refractivity contribution in [2.75, 3.05) is 0 Å². The number of aryl methyl sites for hydroxylation is 5. The maximum atomic E-state index is 2.65. The van der Waals surface area contributed by atoms with E-state index in [4.69, 9.17) is 0 Å². The molecule has 0 unspecified atom stereocenters. The van der Waals surface area contributed by atoms with Gasteiger partial charge in [0.15, 0.2) is 0 Å². The third-order valence-electron chi connectivity index (χ3n) is 9.06. The predicted molar refractivity (Wildman–Crippen MR) is 170 cm³/mol. The minimum absolute atomic E-state index is 0. The van der Waals surface area contributed by atoms with Crippen molar-refractivity contribution in [2.45, 2.75) is 85.3 Å². The van der Waals surface area contributed by atoms with Gasteiger partial charge in [-0.2, -0.15) is 0 Å². The van der Waals surface area contributed by atoms with Crippen LogP contribution in [0.15, 0.2) is 76.9 Å². The molecule has 0 saturated carbocycles. The number of hydrogen-bond acceptors (Lipinski definition) is 0. The minimum Gasteiger partial charge on any atom is -1.00 e. The Labute approximate surface area is 282 Å². The van der Waals surface area contributed by atoms with Gasteiger partial charge in [0.1, 0.15) is 0 Å². The van der Waals surface area contributed by atoms with Crippen LogP contribution in [0.1, 0.15) is 55.5 Å². The van der Waals surface area contributed by atoms with Crippen molar-refractivity contribution < 1.29 is 57.7 Å². The number of allylic oxidation sites excluding steroid dienone is 4. The molecule has 3 aromatic rings. The monoisotopic (exact) mass is 674 g/mol. The van der Waals surface area contributed by atoms with Crippen molar-refractivity contribution in [3.8, 4) is 0 Å². The summed E-state index contributed by atoms with van der Waals surface area (Å²) in [6, 6.07) is 22.5. The summed E-state index contributed by atoms with van der Waals surface area (Å²) >= 11 is 2.59. The third-order valence-corrected chi connectivity index (χ3v) is 19.3. The second-order valence-electron chi connectivity index (χ2n) is 13.1. The molecule has 0 aliphatic heterocycles. The fourth-order valence-corrected chi connectivity index (χ4v) is 17.3. The summed E-state index contributed by atoms with van der Waals surface area (Å²) in [7, 11) is -4.23. The van der Waals surface area contributed by atoms with Gasteiger partial charge >= 0.3 is 247 Å². The molecule has 41 heavy (non-hydrogen) atoms. The van der Waals surface area contributed by atoms with Gasteiger partial charge in [-0.25, -0.2) is 0 Å². The summed E-state index contributed by atoms with van der Waals surface area (Å²) in [5.74, 6) is 0.